The molecule has 0 aromatic rings. The zero-order chi connectivity index (χ0) is 14.1. The second-order valence-corrected chi connectivity index (χ2v) is 6.20. The summed E-state index contributed by atoms with van der Waals surface area (Å²) < 4.78 is 0. The fourth-order valence-corrected chi connectivity index (χ4v) is 3.82. The number of hydrogen-bond donors (Lipinski definition) is 5. The smallest absolute Gasteiger partial charge is 0.427 e. The largest absolute Gasteiger partial charge is 0.451 e. The lowest BCUT2D eigenvalue weighted by molar-refractivity contribution is -0.124. The van der Waals surface area contributed by atoms with Crippen LogP contribution in [-0.4, -0.2) is 40.7 Å². The van der Waals surface area contributed by atoms with Crippen molar-refractivity contribution in [2.45, 2.75) is 55.9 Å². The molecule has 1 spiro atoms. The molecule has 1 heterocycles. The molecule has 3 atom stereocenters. The van der Waals surface area contributed by atoms with E-state index < -0.39 is 18.6 Å². The van der Waals surface area contributed by atoms with Crippen molar-refractivity contribution in [3.05, 3.63) is 0 Å². The first-order chi connectivity index (χ1) is 8.88. The van der Waals surface area contributed by atoms with Crippen molar-refractivity contribution in [2.24, 2.45) is 17.4 Å². The monoisotopic (exact) mass is 269 g/mol. The second kappa shape index (κ2) is 5.40. The molecule has 2 rings (SSSR count). The van der Waals surface area contributed by atoms with Crippen LogP contribution < -0.4 is 16.8 Å². The summed E-state index contributed by atoms with van der Waals surface area (Å²) >= 11 is 0. The molecule has 3 unspecified atom stereocenters. The number of amides is 1. The molecule has 2 aliphatic rings. The third-order valence-corrected chi connectivity index (χ3v) is 4.80. The van der Waals surface area contributed by atoms with Crippen LogP contribution in [0.2, 0.25) is 6.32 Å². The van der Waals surface area contributed by atoms with Gasteiger partial charge in [0, 0.05) is 5.54 Å². The molecule has 1 aliphatic heterocycles. The van der Waals surface area contributed by atoms with Crippen LogP contribution in [0.15, 0.2) is 0 Å². The second-order valence-electron chi connectivity index (χ2n) is 6.20. The van der Waals surface area contributed by atoms with Gasteiger partial charge in [0.15, 0.2) is 0 Å². The topological polar surface area (TPSA) is 122 Å². The van der Waals surface area contributed by atoms with Gasteiger partial charge in [-0.25, -0.2) is 0 Å². The highest BCUT2D eigenvalue weighted by Crippen LogP contribution is 2.47. The Kier molecular flexibility index (Phi) is 4.20. The van der Waals surface area contributed by atoms with E-state index >= 15 is 0 Å². The molecule has 19 heavy (non-hydrogen) atoms. The van der Waals surface area contributed by atoms with Crippen molar-refractivity contribution in [1.82, 2.24) is 5.32 Å². The fourth-order valence-electron chi connectivity index (χ4n) is 3.82. The van der Waals surface area contributed by atoms with E-state index in [0.29, 0.717) is 25.6 Å². The molecule has 7 N–H and O–H groups in total. The summed E-state index contributed by atoms with van der Waals surface area (Å²) in [5.41, 5.74) is 10.8. The number of primary amides is 1. The van der Waals surface area contributed by atoms with E-state index in [1.54, 1.807) is 0 Å². The Morgan fingerprint density at radius 2 is 2.21 bits per heavy atom. The number of hydrogen-bond acceptors (Lipinski definition) is 5. The molecule has 0 aromatic carbocycles. The van der Waals surface area contributed by atoms with Gasteiger partial charge in [0.05, 0.1) is 5.54 Å². The Bertz CT molecular complexity index is 347. The van der Waals surface area contributed by atoms with Gasteiger partial charge in [0.2, 0.25) is 5.91 Å². The lowest BCUT2D eigenvalue weighted by Gasteiger charge is -2.28. The van der Waals surface area contributed by atoms with E-state index in [2.05, 4.69) is 5.32 Å². The maximum Gasteiger partial charge on any atom is 0.451 e. The van der Waals surface area contributed by atoms with Gasteiger partial charge in [-0.05, 0) is 50.9 Å². The average Bonchev–Trinajstić information content (AvgIpc) is 2.86. The number of carbonyl (C=O) groups excluding carboxylic acids is 1. The minimum Gasteiger partial charge on any atom is -0.427 e. The Labute approximate surface area is 114 Å². The molecule has 108 valence electrons. The van der Waals surface area contributed by atoms with Gasteiger partial charge in [-0.3, -0.25) is 4.79 Å². The van der Waals surface area contributed by atoms with E-state index in [4.69, 9.17) is 21.5 Å². The molecule has 6 nitrogen and oxygen atoms in total. The normalized spacial score (nSPS) is 37.9. The minimum absolute atomic E-state index is 0.0225. The highest BCUT2D eigenvalue weighted by molar-refractivity contribution is 6.40. The van der Waals surface area contributed by atoms with Crippen LogP contribution in [-0.2, 0) is 4.79 Å². The van der Waals surface area contributed by atoms with E-state index in [9.17, 15) is 4.79 Å². The molecule has 1 saturated carbocycles. The summed E-state index contributed by atoms with van der Waals surface area (Å²) in [6.07, 6.45) is 5.27. The van der Waals surface area contributed by atoms with Crippen molar-refractivity contribution >= 4 is 13.0 Å². The summed E-state index contributed by atoms with van der Waals surface area (Å²) in [6.45, 7) is 0.969. The van der Waals surface area contributed by atoms with E-state index in [1.165, 1.54) is 0 Å². The van der Waals surface area contributed by atoms with Gasteiger partial charge in [-0.15, -0.1) is 0 Å². The number of nitrogens with two attached hydrogens (primary N) is 2. The van der Waals surface area contributed by atoms with Crippen molar-refractivity contribution in [3.8, 4) is 0 Å². The van der Waals surface area contributed by atoms with Crippen LogP contribution in [0, 0.1) is 5.92 Å². The standard InChI is InChI=1S/C12H24BN3O3/c14-10(17)12(15)8-11(4-2-6-16-11)7-9(12)3-1-5-13(18)19/h9,16,18-19H,1-8,15H2,(H2,14,17). The summed E-state index contributed by atoms with van der Waals surface area (Å²) in [5.74, 6) is -0.415. The molecular weight excluding hydrogens is 245 g/mol. The molecule has 7 heteroatoms. The molecule has 1 aliphatic carbocycles. The van der Waals surface area contributed by atoms with Gasteiger partial charge < -0.3 is 26.8 Å². The van der Waals surface area contributed by atoms with Gasteiger partial charge in [-0.2, -0.15) is 0 Å². The maximum atomic E-state index is 11.7. The summed E-state index contributed by atoms with van der Waals surface area (Å²) in [4.78, 5) is 11.7. The van der Waals surface area contributed by atoms with Crippen LogP contribution in [0.3, 0.4) is 0 Å². The lowest BCUT2D eigenvalue weighted by Crippen LogP contribution is -2.56. The Morgan fingerprint density at radius 1 is 1.47 bits per heavy atom. The van der Waals surface area contributed by atoms with Crippen LogP contribution in [0.1, 0.15) is 38.5 Å². The predicted octanol–water partition coefficient (Wildman–Crippen LogP) is -1.05. The fraction of sp³-hybridized carbons (Fsp3) is 0.917. The predicted molar refractivity (Wildman–Crippen MR) is 73.0 cm³/mol. The van der Waals surface area contributed by atoms with E-state index in [0.717, 1.165) is 25.8 Å². The van der Waals surface area contributed by atoms with Gasteiger partial charge in [0.1, 0.15) is 0 Å². The summed E-state index contributed by atoms with van der Waals surface area (Å²) in [7, 11) is -1.29. The Hall–Kier alpha value is -0.625. The first-order valence-corrected chi connectivity index (χ1v) is 7.08. The molecular formula is C12H24BN3O3. The Morgan fingerprint density at radius 3 is 2.74 bits per heavy atom. The van der Waals surface area contributed by atoms with Gasteiger partial charge in [0.25, 0.3) is 0 Å². The van der Waals surface area contributed by atoms with Crippen LogP contribution >= 0.6 is 0 Å². The van der Waals surface area contributed by atoms with E-state index in [-0.39, 0.29) is 11.5 Å². The van der Waals surface area contributed by atoms with Gasteiger partial charge >= 0.3 is 7.12 Å². The van der Waals surface area contributed by atoms with Crippen molar-refractivity contribution in [1.29, 1.82) is 0 Å². The molecule has 1 amide bonds. The van der Waals surface area contributed by atoms with Crippen LogP contribution in [0.5, 0.6) is 0 Å². The number of rotatable bonds is 5. The number of nitrogens with one attached hydrogen (secondary N) is 1. The highest BCUT2D eigenvalue weighted by atomic mass is 16.4. The Balaban J connectivity index is 2.04. The third kappa shape index (κ3) is 2.94. The van der Waals surface area contributed by atoms with Crippen molar-refractivity contribution in [2.75, 3.05) is 6.54 Å². The summed E-state index contributed by atoms with van der Waals surface area (Å²) in [5, 5.41) is 21.3. The van der Waals surface area contributed by atoms with Crippen LogP contribution in [0.4, 0.5) is 0 Å². The maximum absolute atomic E-state index is 11.7. The molecule has 0 aromatic heterocycles. The van der Waals surface area contributed by atoms with Crippen molar-refractivity contribution in [3.63, 3.8) is 0 Å². The molecule has 0 radical (unpaired) electrons. The minimum atomic E-state index is -1.29. The SMILES string of the molecule is NC(=O)C1(N)CC2(CCCN2)CC1CCCB(O)O. The highest BCUT2D eigenvalue weighted by Gasteiger charge is 2.55. The van der Waals surface area contributed by atoms with Gasteiger partial charge in [-0.1, -0.05) is 6.42 Å². The quantitative estimate of drug-likeness (QED) is 0.408. The number of carbonyl (C=O) groups is 1. The van der Waals surface area contributed by atoms with E-state index in [1.807, 2.05) is 0 Å². The van der Waals surface area contributed by atoms with Crippen LogP contribution in [0.25, 0.3) is 0 Å². The zero-order valence-corrected chi connectivity index (χ0v) is 11.3. The zero-order valence-electron chi connectivity index (χ0n) is 11.3. The molecule has 1 saturated heterocycles. The molecule has 2 fully saturated rings. The average molecular weight is 269 g/mol. The first-order valence-electron chi connectivity index (χ1n) is 7.08. The lowest BCUT2D eigenvalue weighted by atomic mass is 9.78. The first kappa shape index (κ1) is 14.8. The molecule has 0 bridgehead atoms. The van der Waals surface area contributed by atoms with Crippen molar-refractivity contribution < 1.29 is 14.8 Å². The summed E-state index contributed by atoms with van der Waals surface area (Å²) in [6, 6.07) is 0. The third-order valence-electron chi connectivity index (χ3n) is 4.80.